The average molecular weight is 407 g/mol. The number of benzene rings is 2. The van der Waals surface area contributed by atoms with Crippen molar-refractivity contribution >= 4 is 34.2 Å². The summed E-state index contributed by atoms with van der Waals surface area (Å²) < 4.78 is 5.88. The van der Waals surface area contributed by atoms with E-state index >= 15 is 0 Å². The summed E-state index contributed by atoms with van der Waals surface area (Å²) >= 11 is 0. The molecular formula is C21H21N5O4. The molecule has 4 rings (SSSR count). The van der Waals surface area contributed by atoms with Gasteiger partial charge >= 0.3 is 5.97 Å². The fraction of sp³-hybridized carbons (Fsp3) is 0.286. The summed E-state index contributed by atoms with van der Waals surface area (Å²) in [4.78, 5) is 38.7. The molecule has 0 spiro atoms. The molecule has 1 saturated heterocycles. The Kier molecular flexibility index (Phi) is 5.69. The third kappa shape index (κ3) is 4.45. The molecule has 1 fully saturated rings. The van der Waals surface area contributed by atoms with Crippen molar-refractivity contribution in [2.24, 2.45) is 0 Å². The van der Waals surface area contributed by atoms with Crippen molar-refractivity contribution < 1.29 is 14.3 Å². The van der Waals surface area contributed by atoms with Crippen molar-refractivity contribution in [3.8, 4) is 0 Å². The van der Waals surface area contributed by atoms with Crippen LogP contribution in [-0.2, 0) is 20.9 Å². The van der Waals surface area contributed by atoms with Gasteiger partial charge in [0.2, 0.25) is 0 Å². The predicted molar refractivity (Wildman–Crippen MR) is 111 cm³/mol. The minimum absolute atomic E-state index is 0.357. The number of nitrogens with zero attached hydrogens (tertiary/aromatic N) is 4. The van der Waals surface area contributed by atoms with Gasteiger partial charge in [-0.1, -0.05) is 17.3 Å². The van der Waals surface area contributed by atoms with Gasteiger partial charge in [-0.25, -0.2) is 0 Å². The number of anilines is 2. The molecule has 3 aromatic rings. The first-order valence-electron chi connectivity index (χ1n) is 9.73. The molecule has 1 aliphatic heterocycles. The zero-order valence-electron chi connectivity index (χ0n) is 16.3. The predicted octanol–water partition coefficient (Wildman–Crippen LogP) is 1.57. The number of nitrogens with one attached hydrogen (secondary N) is 1. The Hall–Kier alpha value is -3.75. The van der Waals surface area contributed by atoms with Crippen LogP contribution in [0.25, 0.3) is 10.9 Å². The first-order valence-corrected chi connectivity index (χ1v) is 9.73. The maximum atomic E-state index is 12.3. The van der Waals surface area contributed by atoms with Gasteiger partial charge in [-0.3, -0.25) is 14.4 Å². The lowest BCUT2D eigenvalue weighted by Gasteiger charge is -2.17. The maximum Gasteiger partial charge on any atom is 0.328 e. The second kappa shape index (κ2) is 8.73. The maximum absolute atomic E-state index is 12.3. The standard InChI is InChI=1S/C21H21N5O4/c27-19(22-15-7-9-16(10-8-15)25-11-3-4-12-25)14-30-20(28)13-26-21(29)17-5-1-2-6-18(17)23-24-26/h1-2,5-10H,3-4,11-14H2,(H,22,27). The number of hydrogen-bond donors (Lipinski definition) is 1. The molecule has 30 heavy (non-hydrogen) atoms. The minimum Gasteiger partial charge on any atom is -0.454 e. The smallest absolute Gasteiger partial charge is 0.328 e. The number of carbonyl (C=O) groups excluding carboxylic acids is 2. The van der Waals surface area contributed by atoms with E-state index in [0.717, 1.165) is 23.5 Å². The lowest BCUT2D eigenvalue weighted by atomic mass is 10.2. The molecule has 0 atom stereocenters. The molecule has 0 saturated carbocycles. The molecule has 0 aliphatic carbocycles. The Balaban J connectivity index is 1.29. The molecule has 0 bridgehead atoms. The first kappa shape index (κ1) is 19.6. The molecule has 2 aromatic carbocycles. The number of amides is 1. The molecule has 0 unspecified atom stereocenters. The molecule has 9 heteroatoms. The van der Waals surface area contributed by atoms with Crippen LogP contribution in [0.2, 0.25) is 0 Å². The third-order valence-electron chi connectivity index (χ3n) is 4.89. The first-order chi connectivity index (χ1) is 14.6. The molecule has 1 aliphatic rings. The van der Waals surface area contributed by atoms with Crippen LogP contribution in [0.4, 0.5) is 11.4 Å². The fourth-order valence-electron chi connectivity index (χ4n) is 3.37. The van der Waals surface area contributed by atoms with E-state index in [4.69, 9.17) is 4.74 Å². The summed E-state index contributed by atoms with van der Waals surface area (Å²) in [6.45, 7) is 1.22. The summed E-state index contributed by atoms with van der Waals surface area (Å²) in [6, 6.07) is 14.3. The van der Waals surface area contributed by atoms with Crippen molar-refractivity contribution in [2.75, 3.05) is 29.9 Å². The van der Waals surface area contributed by atoms with Gasteiger partial charge in [-0.15, -0.1) is 5.10 Å². The summed E-state index contributed by atoms with van der Waals surface area (Å²) in [6.07, 6.45) is 2.39. The van der Waals surface area contributed by atoms with E-state index in [1.54, 1.807) is 24.3 Å². The summed E-state index contributed by atoms with van der Waals surface area (Å²) in [5, 5.41) is 10.7. The minimum atomic E-state index is -0.749. The third-order valence-corrected chi connectivity index (χ3v) is 4.89. The van der Waals surface area contributed by atoms with Crippen molar-refractivity contribution in [1.29, 1.82) is 0 Å². The SMILES string of the molecule is O=C(COC(=O)Cn1nnc2ccccc2c1=O)Nc1ccc(N2CCCC2)cc1. The molecule has 1 aromatic heterocycles. The zero-order valence-corrected chi connectivity index (χ0v) is 16.3. The Morgan fingerprint density at radius 2 is 1.77 bits per heavy atom. The normalized spacial score (nSPS) is 13.4. The van der Waals surface area contributed by atoms with Crippen molar-refractivity contribution in [3.05, 3.63) is 58.9 Å². The second-order valence-corrected chi connectivity index (χ2v) is 7.02. The van der Waals surface area contributed by atoms with E-state index in [9.17, 15) is 14.4 Å². The van der Waals surface area contributed by atoms with E-state index < -0.39 is 30.6 Å². The molecule has 9 nitrogen and oxygen atoms in total. The second-order valence-electron chi connectivity index (χ2n) is 7.02. The molecular weight excluding hydrogens is 386 g/mol. The Bertz CT molecular complexity index is 1120. The average Bonchev–Trinajstić information content (AvgIpc) is 3.30. The van der Waals surface area contributed by atoms with E-state index in [2.05, 4.69) is 20.5 Å². The number of esters is 1. The summed E-state index contributed by atoms with van der Waals surface area (Å²) in [5.74, 6) is -1.21. The van der Waals surface area contributed by atoms with Gasteiger partial charge in [-0.2, -0.15) is 4.68 Å². The quantitative estimate of drug-likeness (QED) is 0.618. The summed E-state index contributed by atoms with van der Waals surface area (Å²) in [7, 11) is 0. The number of carbonyl (C=O) groups is 2. The Morgan fingerprint density at radius 1 is 1.03 bits per heavy atom. The van der Waals surface area contributed by atoms with E-state index in [1.807, 2.05) is 24.3 Å². The number of aromatic nitrogens is 3. The number of hydrogen-bond acceptors (Lipinski definition) is 7. The van der Waals surface area contributed by atoms with Gasteiger partial charge < -0.3 is 15.0 Å². The zero-order chi connectivity index (χ0) is 20.9. The van der Waals surface area contributed by atoms with Crippen LogP contribution >= 0.6 is 0 Å². The lowest BCUT2D eigenvalue weighted by molar-refractivity contribution is -0.148. The monoisotopic (exact) mass is 407 g/mol. The van der Waals surface area contributed by atoms with E-state index in [1.165, 1.54) is 12.8 Å². The highest BCUT2D eigenvalue weighted by Gasteiger charge is 2.14. The molecule has 1 amide bonds. The van der Waals surface area contributed by atoms with Gasteiger partial charge in [0.05, 0.1) is 5.39 Å². The number of ether oxygens (including phenoxy) is 1. The Labute approximate surface area is 172 Å². The molecule has 0 radical (unpaired) electrons. The van der Waals surface area contributed by atoms with Gasteiger partial charge in [-0.05, 0) is 49.2 Å². The van der Waals surface area contributed by atoms with Crippen LogP contribution in [-0.4, -0.2) is 46.6 Å². The number of fused-ring (bicyclic) bond motifs is 1. The topological polar surface area (TPSA) is 106 Å². The summed E-state index contributed by atoms with van der Waals surface area (Å²) in [5.41, 5.74) is 1.75. The van der Waals surface area contributed by atoms with Crippen molar-refractivity contribution in [2.45, 2.75) is 19.4 Å². The van der Waals surface area contributed by atoms with Gasteiger partial charge in [0, 0.05) is 24.5 Å². The van der Waals surface area contributed by atoms with Crippen LogP contribution in [0.1, 0.15) is 12.8 Å². The van der Waals surface area contributed by atoms with Gasteiger partial charge in [0.15, 0.2) is 6.61 Å². The Morgan fingerprint density at radius 3 is 2.53 bits per heavy atom. The molecule has 154 valence electrons. The lowest BCUT2D eigenvalue weighted by Crippen LogP contribution is -2.30. The highest BCUT2D eigenvalue weighted by atomic mass is 16.5. The van der Waals surface area contributed by atoms with Crippen LogP contribution < -0.4 is 15.8 Å². The van der Waals surface area contributed by atoms with Crippen LogP contribution in [0.15, 0.2) is 53.3 Å². The highest BCUT2D eigenvalue weighted by molar-refractivity contribution is 5.93. The van der Waals surface area contributed by atoms with Crippen LogP contribution in [0.3, 0.4) is 0 Å². The largest absolute Gasteiger partial charge is 0.454 e. The molecule has 2 heterocycles. The van der Waals surface area contributed by atoms with Crippen LogP contribution in [0, 0.1) is 0 Å². The van der Waals surface area contributed by atoms with Crippen LogP contribution in [0.5, 0.6) is 0 Å². The van der Waals surface area contributed by atoms with Gasteiger partial charge in [0.1, 0.15) is 12.1 Å². The van der Waals surface area contributed by atoms with Gasteiger partial charge in [0.25, 0.3) is 11.5 Å². The van der Waals surface area contributed by atoms with E-state index in [-0.39, 0.29) is 0 Å². The molecule has 1 N–H and O–H groups in total. The highest BCUT2D eigenvalue weighted by Crippen LogP contribution is 2.21. The van der Waals surface area contributed by atoms with E-state index in [0.29, 0.717) is 16.6 Å². The van der Waals surface area contributed by atoms with Crippen molar-refractivity contribution in [1.82, 2.24) is 15.0 Å². The fourth-order valence-corrected chi connectivity index (χ4v) is 3.37. The number of rotatable bonds is 6. The van der Waals surface area contributed by atoms with Crippen molar-refractivity contribution in [3.63, 3.8) is 0 Å².